The van der Waals surface area contributed by atoms with E-state index in [-0.39, 0.29) is 6.10 Å². The standard InChI is InChI=1S/C15H24N2O3S/c1-3-13-6-5-7-15(12-13)20-14-8-10-17(11-9-14)21(18,19)16-4-2/h5-7,12,14,16H,3-4,8-11H2,1-2H3. The highest BCUT2D eigenvalue weighted by molar-refractivity contribution is 7.87. The van der Waals surface area contributed by atoms with E-state index in [0.29, 0.717) is 19.6 Å². The molecule has 118 valence electrons. The molecule has 1 N–H and O–H groups in total. The van der Waals surface area contributed by atoms with Gasteiger partial charge in [0, 0.05) is 19.6 Å². The fourth-order valence-electron chi connectivity index (χ4n) is 2.50. The molecule has 1 aliphatic rings. The highest BCUT2D eigenvalue weighted by Gasteiger charge is 2.28. The fraction of sp³-hybridized carbons (Fsp3) is 0.600. The molecule has 1 saturated heterocycles. The van der Waals surface area contributed by atoms with Crippen LogP contribution in [0.15, 0.2) is 24.3 Å². The topological polar surface area (TPSA) is 58.6 Å². The Hall–Kier alpha value is -1.11. The smallest absolute Gasteiger partial charge is 0.279 e. The highest BCUT2D eigenvalue weighted by atomic mass is 32.2. The van der Waals surface area contributed by atoms with Gasteiger partial charge in [-0.3, -0.25) is 0 Å². The first-order chi connectivity index (χ1) is 10.0. The number of nitrogens with one attached hydrogen (secondary N) is 1. The number of nitrogens with zero attached hydrogens (tertiary/aromatic N) is 1. The van der Waals surface area contributed by atoms with Gasteiger partial charge < -0.3 is 4.74 Å². The van der Waals surface area contributed by atoms with Crippen LogP contribution >= 0.6 is 0 Å². The number of piperidine rings is 1. The Bertz CT molecular complexity index is 552. The molecule has 6 heteroatoms. The maximum absolute atomic E-state index is 11.9. The van der Waals surface area contributed by atoms with Crippen LogP contribution in [0.25, 0.3) is 0 Å². The van der Waals surface area contributed by atoms with Crippen LogP contribution in [0.2, 0.25) is 0 Å². The van der Waals surface area contributed by atoms with E-state index in [1.54, 1.807) is 6.92 Å². The van der Waals surface area contributed by atoms with E-state index >= 15 is 0 Å². The molecule has 2 rings (SSSR count). The molecule has 0 unspecified atom stereocenters. The van der Waals surface area contributed by atoms with Crippen molar-refractivity contribution in [1.29, 1.82) is 0 Å². The zero-order valence-electron chi connectivity index (χ0n) is 12.7. The number of hydrogen-bond donors (Lipinski definition) is 1. The van der Waals surface area contributed by atoms with Gasteiger partial charge in [0.2, 0.25) is 0 Å². The first-order valence-corrected chi connectivity index (χ1v) is 8.99. The molecule has 1 fully saturated rings. The number of hydrogen-bond acceptors (Lipinski definition) is 3. The lowest BCUT2D eigenvalue weighted by Gasteiger charge is -2.31. The first kappa shape index (κ1) is 16.3. The predicted molar refractivity (Wildman–Crippen MR) is 83.6 cm³/mol. The van der Waals surface area contributed by atoms with Gasteiger partial charge in [0.15, 0.2) is 0 Å². The summed E-state index contributed by atoms with van der Waals surface area (Å²) < 4.78 is 33.8. The summed E-state index contributed by atoms with van der Waals surface area (Å²) in [6.45, 7) is 5.33. The lowest BCUT2D eigenvalue weighted by molar-refractivity contribution is 0.134. The van der Waals surface area contributed by atoms with Gasteiger partial charge in [-0.15, -0.1) is 0 Å². The monoisotopic (exact) mass is 312 g/mol. The summed E-state index contributed by atoms with van der Waals surface area (Å²) in [7, 11) is -3.31. The first-order valence-electron chi connectivity index (χ1n) is 7.55. The number of benzene rings is 1. The zero-order valence-corrected chi connectivity index (χ0v) is 13.5. The molecule has 1 aromatic rings. The third-order valence-electron chi connectivity index (χ3n) is 3.68. The quantitative estimate of drug-likeness (QED) is 0.873. The molecule has 1 aliphatic heterocycles. The molecule has 0 radical (unpaired) electrons. The summed E-state index contributed by atoms with van der Waals surface area (Å²) in [5, 5.41) is 0. The zero-order chi connectivity index (χ0) is 15.3. The van der Waals surface area contributed by atoms with Gasteiger partial charge >= 0.3 is 0 Å². The van der Waals surface area contributed by atoms with Crippen molar-refractivity contribution < 1.29 is 13.2 Å². The Morgan fingerprint density at radius 3 is 2.62 bits per heavy atom. The Kier molecular flexibility index (Phi) is 5.61. The minimum absolute atomic E-state index is 0.0881. The van der Waals surface area contributed by atoms with E-state index in [9.17, 15) is 8.42 Å². The number of rotatable bonds is 6. The molecular formula is C15H24N2O3S. The van der Waals surface area contributed by atoms with Crippen LogP contribution in [0.5, 0.6) is 5.75 Å². The molecular weight excluding hydrogens is 288 g/mol. The Morgan fingerprint density at radius 1 is 1.29 bits per heavy atom. The normalized spacial score (nSPS) is 17.8. The van der Waals surface area contributed by atoms with Crippen molar-refractivity contribution in [3.63, 3.8) is 0 Å². The van der Waals surface area contributed by atoms with E-state index in [1.165, 1.54) is 9.87 Å². The van der Waals surface area contributed by atoms with Gasteiger partial charge in [-0.1, -0.05) is 26.0 Å². The molecule has 5 nitrogen and oxygen atoms in total. The van der Waals surface area contributed by atoms with E-state index in [4.69, 9.17) is 4.74 Å². The van der Waals surface area contributed by atoms with Gasteiger partial charge in [0.05, 0.1) is 0 Å². The van der Waals surface area contributed by atoms with E-state index in [2.05, 4.69) is 23.8 Å². The molecule has 1 heterocycles. The average Bonchev–Trinajstić information content (AvgIpc) is 2.48. The summed E-state index contributed by atoms with van der Waals surface area (Å²) in [5.74, 6) is 0.877. The van der Waals surface area contributed by atoms with Crippen LogP contribution in [0.1, 0.15) is 32.3 Å². The van der Waals surface area contributed by atoms with Crippen molar-refractivity contribution in [3.8, 4) is 5.75 Å². The summed E-state index contributed by atoms with van der Waals surface area (Å²) in [5.41, 5.74) is 1.25. The van der Waals surface area contributed by atoms with Crippen molar-refractivity contribution in [1.82, 2.24) is 9.03 Å². The molecule has 0 amide bonds. The Balaban J connectivity index is 1.89. The van der Waals surface area contributed by atoms with Crippen LogP contribution in [-0.4, -0.2) is 38.5 Å². The summed E-state index contributed by atoms with van der Waals surface area (Å²) in [6.07, 6.45) is 2.52. The molecule has 0 aliphatic carbocycles. The molecule has 1 aromatic carbocycles. The van der Waals surface area contributed by atoms with E-state index in [1.807, 2.05) is 12.1 Å². The number of ether oxygens (including phenoxy) is 1. The molecule has 0 bridgehead atoms. The second-order valence-corrected chi connectivity index (χ2v) is 6.98. The van der Waals surface area contributed by atoms with Gasteiger partial charge in [-0.05, 0) is 37.0 Å². The maximum atomic E-state index is 11.9. The minimum atomic E-state index is -3.31. The van der Waals surface area contributed by atoms with Gasteiger partial charge in [-0.25, -0.2) is 4.72 Å². The summed E-state index contributed by atoms with van der Waals surface area (Å²) >= 11 is 0. The lowest BCUT2D eigenvalue weighted by Crippen LogP contribution is -2.46. The third-order valence-corrected chi connectivity index (χ3v) is 5.38. The molecule has 21 heavy (non-hydrogen) atoms. The van der Waals surface area contributed by atoms with E-state index < -0.39 is 10.2 Å². The predicted octanol–water partition coefficient (Wildman–Crippen LogP) is 1.95. The second-order valence-electron chi connectivity index (χ2n) is 5.22. The summed E-state index contributed by atoms with van der Waals surface area (Å²) in [4.78, 5) is 0. The summed E-state index contributed by atoms with van der Waals surface area (Å²) in [6, 6.07) is 8.10. The number of aryl methyl sites for hydroxylation is 1. The van der Waals surface area contributed by atoms with E-state index in [0.717, 1.165) is 25.0 Å². The van der Waals surface area contributed by atoms with Crippen molar-refractivity contribution in [2.24, 2.45) is 0 Å². The van der Waals surface area contributed by atoms with Crippen LogP contribution in [0, 0.1) is 0 Å². The third kappa shape index (κ3) is 4.43. The van der Waals surface area contributed by atoms with Gasteiger partial charge in [0.1, 0.15) is 11.9 Å². The maximum Gasteiger partial charge on any atom is 0.279 e. The largest absolute Gasteiger partial charge is 0.490 e. The Labute approximate surface area is 127 Å². The van der Waals surface area contributed by atoms with Crippen molar-refractivity contribution in [2.45, 2.75) is 39.2 Å². The fourth-order valence-corrected chi connectivity index (χ4v) is 3.73. The average molecular weight is 312 g/mol. The van der Waals surface area contributed by atoms with Crippen LogP contribution in [0.4, 0.5) is 0 Å². The lowest BCUT2D eigenvalue weighted by atomic mass is 10.1. The van der Waals surface area contributed by atoms with Crippen molar-refractivity contribution >= 4 is 10.2 Å². The van der Waals surface area contributed by atoms with Gasteiger partial charge in [-0.2, -0.15) is 12.7 Å². The SMILES string of the molecule is CCNS(=O)(=O)N1CCC(Oc2cccc(CC)c2)CC1. The van der Waals surface area contributed by atoms with Crippen LogP contribution in [-0.2, 0) is 16.6 Å². The van der Waals surface area contributed by atoms with Gasteiger partial charge in [0.25, 0.3) is 10.2 Å². The highest BCUT2D eigenvalue weighted by Crippen LogP contribution is 2.21. The molecule has 0 aromatic heterocycles. The van der Waals surface area contributed by atoms with Crippen LogP contribution in [0.3, 0.4) is 0 Å². The minimum Gasteiger partial charge on any atom is -0.490 e. The molecule has 0 spiro atoms. The van der Waals surface area contributed by atoms with Crippen molar-refractivity contribution in [3.05, 3.63) is 29.8 Å². The second kappa shape index (κ2) is 7.24. The molecule has 0 atom stereocenters. The van der Waals surface area contributed by atoms with Crippen molar-refractivity contribution in [2.75, 3.05) is 19.6 Å². The molecule has 0 saturated carbocycles. The Morgan fingerprint density at radius 2 is 2.00 bits per heavy atom. The van der Waals surface area contributed by atoms with Crippen LogP contribution < -0.4 is 9.46 Å².